The molecule has 4 nitrogen and oxygen atoms in total. The van der Waals surface area contributed by atoms with Crippen molar-refractivity contribution in [1.29, 1.82) is 0 Å². The number of nitrogens with zero attached hydrogens (tertiary/aromatic N) is 1. The van der Waals surface area contributed by atoms with Crippen LogP contribution < -0.4 is 5.73 Å². The number of unbranched alkanes of at least 4 members (excludes halogenated alkanes) is 1. The first-order valence-electron chi connectivity index (χ1n) is 5.20. The van der Waals surface area contributed by atoms with Gasteiger partial charge in [-0.2, -0.15) is 0 Å². The lowest BCUT2D eigenvalue weighted by Crippen LogP contribution is -2.13. The highest BCUT2D eigenvalue weighted by Gasteiger charge is 2.14. The Bertz CT molecular complexity index is 382. The lowest BCUT2D eigenvalue weighted by Gasteiger charge is -2.11. The molecule has 0 amide bonds. The summed E-state index contributed by atoms with van der Waals surface area (Å²) in [5, 5.41) is 8.60. The van der Waals surface area contributed by atoms with Crippen molar-refractivity contribution in [2.24, 2.45) is 5.73 Å². The molecule has 3 N–H and O–H groups in total. The maximum atomic E-state index is 13.3. The number of rotatable bonds is 5. The van der Waals surface area contributed by atoms with E-state index in [1.54, 1.807) is 0 Å². The van der Waals surface area contributed by atoms with Crippen LogP contribution in [-0.2, 0) is 0 Å². The Balaban J connectivity index is 2.84. The third-order valence-electron chi connectivity index (χ3n) is 2.36. The number of nitrogens with two attached hydrogens (primary N) is 1. The molecule has 0 aliphatic heterocycles. The van der Waals surface area contributed by atoms with Crippen LogP contribution >= 0.6 is 0 Å². The van der Waals surface area contributed by atoms with Crippen molar-refractivity contribution < 1.29 is 14.3 Å². The lowest BCUT2D eigenvalue weighted by molar-refractivity contribution is 0.0685. The molecule has 0 radical (unpaired) electrons. The Labute approximate surface area is 93.3 Å². The van der Waals surface area contributed by atoms with Crippen LogP contribution in [0.2, 0.25) is 0 Å². The van der Waals surface area contributed by atoms with E-state index in [4.69, 9.17) is 10.8 Å². The molecule has 0 saturated carbocycles. The zero-order valence-electron chi connectivity index (χ0n) is 9.11. The molecule has 0 saturated heterocycles. The van der Waals surface area contributed by atoms with Crippen LogP contribution in [0.5, 0.6) is 0 Å². The minimum absolute atomic E-state index is 0.287. The summed E-state index contributed by atoms with van der Waals surface area (Å²) in [5.41, 5.74) is 5.80. The molecule has 1 atom stereocenters. The van der Waals surface area contributed by atoms with Crippen molar-refractivity contribution in [3.05, 3.63) is 29.3 Å². The van der Waals surface area contributed by atoms with Crippen molar-refractivity contribution in [3.8, 4) is 0 Å². The molecule has 0 unspecified atom stereocenters. The summed E-state index contributed by atoms with van der Waals surface area (Å²) in [4.78, 5) is 14.1. The van der Waals surface area contributed by atoms with Gasteiger partial charge in [-0.3, -0.25) is 0 Å². The van der Waals surface area contributed by atoms with Gasteiger partial charge in [-0.05, 0) is 18.1 Å². The molecule has 0 bridgehead atoms. The van der Waals surface area contributed by atoms with Gasteiger partial charge in [-0.15, -0.1) is 0 Å². The molecule has 1 heterocycles. The fraction of sp³-hybridized carbons (Fsp3) is 0.455. The number of carboxylic acid groups (broad SMARTS) is 1. The van der Waals surface area contributed by atoms with Gasteiger partial charge in [0.25, 0.3) is 0 Å². The van der Waals surface area contributed by atoms with Crippen LogP contribution in [0.25, 0.3) is 0 Å². The largest absolute Gasteiger partial charge is 0.476 e. The molecule has 0 aliphatic carbocycles. The van der Waals surface area contributed by atoms with Crippen LogP contribution in [0, 0.1) is 5.82 Å². The third kappa shape index (κ3) is 3.00. The standard InChI is InChI=1S/C11H15FN2O2/c1-2-3-4-9(13)7-5-8(12)10(11(15)16)14-6-7/h5-6,9H,2-4,13H2,1H3,(H,15,16)/t9-/m1/s1. The topological polar surface area (TPSA) is 76.2 Å². The molecular weight excluding hydrogens is 211 g/mol. The molecule has 1 rings (SSSR count). The zero-order chi connectivity index (χ0) is 12.1. The van der Waals surface area contributed by atoms with E-state index in [-0.39, 0.29) is 6.04 Å². The number of halogens is 1. The number of carboxylic acids is 1. The summed E-state index contributed by atoms with van der Waals surface area (Å²) in [6, 6.07) is 0.862. The molecule has 0 aliphatic rings. The van der Waals surface area contributed by atoms with Crippen molar-refractivity contribution >= 4 is 5.97 Å². The van der Waals surface area contributed by atoms with E-state index in [9.17, 15) is 9.18 Å². The average Bonchev–Trinajstić information content (AvgIpc) is 2.25. The highest BCUT2D eigenvalue weighted by atomic mass is 19.1. The lowest BCUT2D eigenvalue weighted by atomic mass is 10.0. The van der Waals surface area contributed by atoms with Gasteiger partial charge in [0.1, 0.15) is 0 Å². The van der Waals surface area contributed by atoms with Gasteiger partial charge in [0.05, 0.1) is 0 Å². The first kappa shape index (κ1) is 12.6. The maximum Gasteiger partial charge on any atom is 0.357 e. The smallest absolute Gasteiger partial charge is 0.357 e. The summed E-state index contributed by atoms with van der Waals surface area (Å²) in [7, 11) is 0. The second-order valence-corrected chi connectivity index (χ2v) is 3.65. The Morgan fingerprint density at radius 2 is 2.38 bits per heavy atom. The van der Waals surface area contributed by atoms with E-state index in [0.717, 1.165) is 25.3 Å². The second-order valence-electron chi connectivity index (χ2n) is 3.65. The number of aromatic nitrogens is 1. The van der Waals surface area contributed by atoms with Gasteiger partial charge in [0.2, 0.25) is 0 Å². The van der Waals surface area contributed by atoms with E-state index in [0.29, 0.717) is 5.56 Å². The minimum atomic E-state index is -1.37. The summed E-state index contributed by atoms with van der Waals surface area (Å²) >= 11 is 0. The van der Waals surface area contributed by atoms with Gasteiger partial charge in [0, 0.05) is 12.2 Å². The number of pyridine rings is 1. The van der Waals surface area contributed by atoms with Crippen LogP contribution in [0.4, 0.5) is 4.39 Å². The Kier molecular flexibility index (Phi) is 4.37. The number of hydrogen-bond acceptors (Lipinski definition) is 3. The molecule has 0 fully saturated rings. The van der Waals surface area contributed by atoms with Crippen LogP contribution in [0.3, 0.4) is 0 Å². The van der Waals surface area contributed by atoms with Gasteiger partial charge < -0.3 is 10.8 Å². The predicted octanol–water partition coefficient (Wildman–Crippen LogP) is 2.11. The fourth-order valence-corrected chi connectivity index (χ4v) is 1.40. The molecule has 5 heteroatoms. The fourth-order valence-electron chi connectivity index (χ4n) is 1.40. The zero-order valence-corrected chi connectivity index (χ0v) is 9.11. The van der Waals surface area contributed by atoms with Gasteiger partial charge >= 0.3 is 5.97 Å². The minimum Gasteiger partial charge on any atom is -0.476 e. The van der Waals surface area contributed by atoms with Crippen molar-refractivity contribution in [3.63, 3.8) is 0 Å². The highest BCUT2D eigenvalue weighted by Crippen LogP contribution is 2.17. The summed E-state index contributed by atoms with van der Waals surface area (Å²) in [6.45, 7) is 2.04. The highest BCUT2D eigenvalue weighted by molar-refractivity contribution is 5.85. The Hall–Kier alpha value is -1.49. The monoisotopic (exact) mass is 226 g/mol. The normalized spacial score (nSPS) is 12.4. The Morgan fingerprint density at radius 1 is 1.69 bits per heavy atom. The summed E-state index contributed by atoms with van der Waals surface area (Å²) < 4.78 is 13.3. The molecule has 0 spiro atoms. The molecule has 1 aromatic heterocycles. The molecule has 1 aromatic rings. The van der Waals surface area contributed by atoms with E-state index >= 15 is 0 Å². The molecular formula is C11H15FN2O2. The predicted molar refractivity (Wildman–Crippen MR) is 57.6 cm³/mol. The SMILES string of the molecule is CCCC[C@@H](N)c1cnc(C(=O)O)c(F)c1. The van der Waals surface area contributed by atoms with E-state index < -0.39 is 17.5 Å². The van der Waals surface area contributed by atoms with Crippen molar-refractivity contribution in [2.75, 3.05) is 0 Å². The van der Waals surface area contributed by atoms with Gasteiger partial charge in [-0.1, -0.05) is 19.8 Å². The summed E-state index contributed by atoms with van der Waals surface area (Å²) in [6.07, 6.45) is 4.02. The first-order valence-corrected chi connectivity index (χ1v) is 5.20. The van der Waals surface area contributed by atoms with Crippen LogP contribution in [-0.4, -0.2) is 16.1 Å². The van der Waals surface area contributed by atoms with Crippen LogP contribution in [0.15, 0.2) is 12.3 Å². The third-order valence-corrected chi connectivity index (χ3v) is 2.36. The van der Waals surface area contributed by atoms with E-state index in [2.05, 4.69) is 4.98 Å². The summed E-state index contributed by atoms with van der Waals surface area (Å²) in [5.74, 6) is -2.21. The van der Waals surface area contributed by atoms with Crippen molar-refractivity contribution in [2.45, 2.75) is 32.2 Å². The second kappa shape index (κ2) is 5.55. The maximum absolute atomic E-state index is 13.3. The molecule has 0 aromatic carbocycles. The van der Waals surface area contributed by atoms with Gasteiger partial charge in [-0.25, -0.2) is 14.2 Å². The number of carbonyl (C=O) groups is 1. The molecule has 16 heavy (non-hydrogen) atoms. The number of hydrogen-bond donors (Lipinski definition) is 2. The Morgan fingerprint density at radius 3 is 2.88 bits per heavy atom. The molecule has 88 valence electrons. The van der Waals surface area contributed by atoms with Gasteiger partial charge in [0.15, 0.2) is 11.5 Å². The average molecular weight is 226 g/mol. The van der Waals surface area contributed by atoms with E-state index in [1.165, 1.54) is 6.20 Å². The van der Waals surface area contributed by atoms with Crippen molar-refractivity contribution in [1.82, 2.24) is 4.98 Å². The number of aromatic carboxylic acids is 1. The first-order chi connectivity index (χ1) is 7.56. The van der Waals surface area contributed by atoms with Crippen LogP contribution in [0.1, 0.15) is 48.3 Å². The van der Waals surface area contributed by atoms with E-state index in [1.807, 2.05) is 6.92 Å². The quantitative estimate of drug-likeness (QED) is 0.806.